The zero-order valence-corrected chi connectivity index (χ0v) is 9.50. The van der Waals surface area contributed by atoms with Gasteiger partial charge in [0.2, 0.25) is 0 Å². The van der Waals surface area contributed by atoms with Crippen LogP contribution in [0.25, 0.3) is 22.2 Å². The number of aliphatic imine (C=N–C) groups is 1. The number of aromatic nitrogens is 2. The molecule has 0 atom stereocenters. The number of carbonyl (C=O) groups is 1. The molecule has 0 radical (unpaired) electrons. The maximum Gasteiger partial charge on any atom is 0.253 e. The van der Waals surface area contributed by atoms with E-state index in [9.17, 15) is 4.79 Å². The lowest BCUT2D eigenvalue weighted by atomic mass is 10.1. The molecule has 0 spiro atoms. The summed E-state index contributed by atoms with van der Waals surface area (Å²) in [7, 11) is 0. The molecule has 0 fully saturated rings. The molecule has 0 aromatic heterocycles. The monoisotopic (exact) mass is 235 g/mol. The molecular formula is C14H9N3O. The second-order valence-electron chi connectivity index (χ2n) is 4.38. The molecule has 0 unspecified atom stereocenters. The fraction of sp³-hybridized carbons (Fsp3) is 0.0714. The van der Waals surface area contributed by atoms with E-state index in [0.717, 1.165) is 27.9 Å². The number of para-hydroxylation sites is 1. The van der Waals surface area contributed by atoms with Crippen LogP contribution in [-0.4, -0.2) is 21.8 Å². The van der Waals surface area contributed by atoms with E-state index in [1.807, 2.05) is 35.0 Å². The number of fused-ring (bicyclic) bond motifs is 5. The summed E-state index contributed by atoms with van der Waals surface area (Å²) in [5.74, 6) is -0.116. The van der Waals surface area contributed by atoms with Gasteiger partial charge in [-0.3, -0.25) is 4.79 Å². The zero-order valence-electron chi connectivity index (χ0n) is 9.50. The number of pyridine rings is 1. The molecule has 3 aliphatic rings. The first-order chi connectivity index (χ1) is 8.83. The number of nitrogens with zero attached hydrogens (tertiary/aromatic N) is 3. The first-order valence-corrected chi connectivity index (χ1v) is 5.78. The average molecular weight is 235 g/mol. The summed E-state index contributed by atoms with van der Waals surface area (Å²) in [5.41, 5.74) is 3.89. The summed E-state index contributed by atoms with van der Waals surface area (Å²) in [6.07, 6.45) is 3.80. The van der Waals surface area contributed by atoms with Gasteiger partial charge in [0, 0.05) is 17.1 Å². The minimum Gasteiger partial charge on any atom is -0.309 e. The first-order valence-electron chi connectivity index (χ1n) is 5.78. The predicted molar refractivity (Wildman–Crippen MR) is 69.0 cm³/mol. The average Bonchev–Trinajstić information content (AvgIpc) is 2.78. The molecule has 1 aromatic carbocycles. The van der Waals surface area contributed by atoms with E-state index in [1.54, 1.807) is 6.34 Å². The number of rotatable bonds is 0. The van der Waals surface area contributed by atoms with E-state index in [2.05, 4.69) is 16.0 Å². The SMILES string of the molecule is O=C1Cc2c3nc4ccccc4c-3ccn2C=N1. The van der Waals surface area contributed by atoms with Crippen molar-refractivity contribution in [3.8, 4) is 11.3 Å². The van der Waals surface area contributed by atoms with Gasteiger partial charge in [-0.2, -0.15) is 0 Å². The molecule has 86 valence electrons. The lowest BCUT2D eigenvalue weighted by molar-refractivity contribution is -0.117. The van der Waals surface area contributed by atoms with Crippen molar-refractivity contribution in [3.05, 3.63) is 42.2 Å². The van der Waals surface area contributed by atoms with E-state index in [1.165, 1.54) is 0 Å². The molecule has 0 aliphatic carbocycles. The maximum atomic E-state index is 11.4. The van der Waals surface area contributed by atoms with Gasteiger partial charge in [-0.25, -0.2) is 9.98 Å². The molecule has 4 nitrogen and oxygen atoms in total. The van der Waals surface area contributed by atoms with Gasteiger partial charge in [-0.1, -0.05) is 18.2 Å². The van der Waals surface area contributed by atoms with Gasteiger partial charge < -0.3 is 4.57 Å². The van der Waals surface area contributed by atoms with Crippen LogP contribution < -0.4 is 0 Å². The van der Waals surface area contributed by atoms with Gasteiger partial charge in [-0.15, -0.1) is 0 Å². The Morgan fingerprint density at radius 1 is 1.17 bits per heavy atom. The third-order valence-electron chi connectivity index (χ3n) is 3.31. The minimum absolute atomic E-state index is 0.116. The van der Waals surface area contributed by atoms with Gasteiger partial charge in [0.05, 0.1) is 23.3 Å². The van der Waals surface area contributed by atoms with E-state index in [0.29, 0.717) is 6.42 Å². The van der Waals surface area contributed by atoms with Crippen molar-refractivity contribution in [2.24, 2.45) is 4.99 Å². The van der Waals surface area contributed by atoms with Gasteiger partial charge in [0.25, 0.3) is 5.91 Å². The van der Waals surface area contributed by atoms with E-state index >= 15 is 0 Å². The highest BCUT2D eigenvalue weighted by Crippen LogP contribution is 2.33. The second-order valence-corrected chi connectivity index (χ2v) is 4.38. The minimum atomic E-state index is -0.116. The van der Waals surface area contributed by atoms with Crippen LogP contribution in [0.4, 0.5) is 0 Å². The lowest BCUT2D eigenvalue weighted by Crippen LogP contribution is -2.17. The molecule has 4 rings (SSSR count). The van der Waals surface area contributed by atoms with Crippen LogP contribution in [0, 0.1) is 0 Å². The fourth-order valence-corrected chi connectivity index (χ4v) is 2.46. The third-order valence-corrected chi connectivity index (χ3v) is 3.31. The fourth-order valence-electron chi connectivity index (χ4n) is 2.46. The molecule has 18 heavy (non-hydrogen) atoms. The van der Waals surface area contributed by atoms with E-state index < -0.39 is 0 Å². The molecule has 0 bridgehead atoms. The normalized spacial score (nSPS) is 14.3. The molecule has 0 saturated heterocycles. The summed E-state index contributed by atoms with van der Waals surface area (Å²) in [4.78, 5) is 19.9. The molecule has 1 amide bonds. The van der Waals surface area contributed by atoms with Crippen molar-refractivity contribution >= 4 is 23.1 Å². The molecule has 0 saturated carbocycles. The Labute approximate surface area is 103 Å². The number of amides is 1. The molecule has 1 aromatic rings. The first kappa shape index (κ1) is 9.53. The van der Waals surface area contributed by atoms with Crippen LogP contribution in [0.15, 0.2) is 41.5 Å². The van der Waals surface area contributed by atoms with Crippen molar-refractivity contribution in [1.82, 2.24) is 9.55 Å². The van der Waals surface area contributed by atoms with Crippen molar-refractivity contribution in [1.29, 1.82) is 0 Å². The van der Waals surface area contributed by atoms with Crippen LogP contribution >= 0.6 is 0 Å². The molecule has 3 aliphatic heterocycles. The number of hydrogen-bond acceptors (Lipinski definition) is 2. The number of hydrogen-bond donors (Lipinski definition) is 0. The maximum absolute atomic E-state index is 11.4. The van der Waals surface area contributed by atoms with Crippen molar-refractivity contribution in [2.45, 2.75) is 6.42 Å². The van der Waals surface area contributed by atoms with Crippen molar-refractivity contribution in [3.63, 3.8) is 0 Å². The Morgan fingerprint density at radius 2 is 2.06 bits per heavy atom. The van der Waals surface area contributed by atoms with Gasteiger partial charge in [0.1, 0.15) is 6.34 Å². The smallest absolute Gasteiger partial charge is 0.253 e. The Bertz CT molecular complexity index is 785. The summed E-state index contributed by atoms with van der Waals surface area (Å²) < 4.78 is 1.87. The van der Waals surface area contributed by atoms with Crippen molar-refractivity contribution < 1.29 is 4.79 Å². The molecular weight excluding hydrogens is 226 g/mol. The summed E-state index contributed by atoms with van der Waals surface area (Å²) in [6, 6.07) is 10.0. The summed E-state index contributed by atoms with van der Waals surface area (Å²) in [6.45, 7) is 0. The van der Waals surface area contributed by atoms with Crippen LogP contribution in [0.1, 0.15) is 5.69 Å². The molecule has 0 N–H and O–H groups in total. The Kier molecular flexibility index (Phi) is 1.73. The quantitative estimate of drug-likeness (QED) is 0.599. The number of benzene rings is 1. The highest BCUT2D eigenvalue weighted by molar-refractivity contribution is 6.00. The standard InChI is InChI=1S/C14H9N3O/c18-13-7-12-14-10(5-6-17(12)8-15-13)9-3-1-2-4-11(9)16-14/h1-6,8H,7H2. The van der Waals surface area contributed by atoms with Crippen LogP contribution in [0.3, 0.4) is 0 Å². The highest BCUT2D eigenvalue weighted by Gasteiger charge is 2.21. The van der Waals surface area contributed by atoms with Crippen LogP contribution in [0.2, 0.25) is 0 Å². The van der Waals surface area contributed by atoms with Gasteiger partial charge >= 0.3 is 0 Å². The Balaban J connectivity index is 2.13. The Hall–Kier alpha value is -2.49. The van der Waals surface area contributed by atoms with E-state index in [-0.39, 0.29) is 5.91 Å². The van der Waals surface area contributed by atoms with E-state index in [4.69, 9.17) is 0 Å². The van der Waals surface area contributed by atoms with Gasteiger partial charge in [0.15, 0.2) is 0 Å². The summed E-state index contributed by atoms with van der Waals surface area (Å²) >= 11 is 0. The number of carbonyl (C=O) groups excluding carboxylic acids is 1. The largest absolute Gasteiger partial charge is 0.309 e. The lowest BCUT2D eigenvalue weighted by Gasteiger charge is -2.14. The van der Waals surface area contributed by atoms with Crippen LogP contribution in [0.5, 0.6) is 0 Å². The molecule has 4 heteroatoms. The predicted octanol–water partition coefficient (Wildman–Crippen LogP) is 2.10. The van der Waals surface area contributed by atoms with Crippen molar-refractivity contribution in [2.75, 3.05) is 0 Å². The highest BCUT2D eigenvalue weighted by atomic mass is 16.1. The Morgan fingerprint density at radius 3 is 3.00 bits per heavy atom. The third kappa shape index (κ3) is 1.17. The van der Waals surface area contributed by atoms with Gasteiger partial charge in [-0.05, 0) is 12.1 Å². The second kappa shape index (κ2) is 3.26. The summed E-state index contributed by atoms with van der Waals surface area (Å²) in [5, 5.41) is 1.13. The zero-order chi connectivity index (χ0) is 12.1. The molecule has 3 heterocycles. The van der Waals surface area contributed by atoms with Crippen LogP contribution in [-0.2, 0) is 11.2 Å². The topological polar surface area (TPSA) is 47.2 Å².